The molecule has 0 spiro atoms. The largest absolute Gasteiger partial charge is 0.486 e. The molecule has 10 heteroatoms. The maximum atomic E-state index is 12.5. The first-order chi connectivity index (χ1) is 12.5. The smallest absolute Gasteiger partial charge is 0.266 e. The number of carbonyl (C=O) groups is 1. The van der Waals surface area contributed by atoms with Crippen LogP contribution in [0.2, 0.25) is 0 Å². The van der Waals surface area contributed by atoms with Crippen LogP contribution in [-0.2, 0) is 10.0 Å². The van der Waals surface area contributed by atoms with Gasteiger partial charge in [0.25, 0.3) is 15.9 Å². The molecule has 3 heterocycles. The first-order valence-electron chi connectivity index (χ1n) is 7.68. The number of fused-ring (bicyclic) bond motifs is 2. The number of carbonyl (C=O) groups excluding carboxylic acids is 1. The van der Waals surface area contributed by atoms with Gasteiger partial charge in [0, 0.05) is 23.3 Å². The summed E-state index contributed by atoms with van der Waals surface area (Å²) < 4.78 is 35.7. The summed E-state index contributed by atoms with van der Waals surface area (Å²) in [5.41, 5.74) is 2.86. The van der Waals surface area contributed by atoms with Crippen molar-refractivity contribution < 1.29 is 22.7 Å². The van der Waals surface area contributed by atoms with Gasteiger partial charge in [0.1, 0.15) is 23.8 Å². The van der Waals surface area contributed by atoms with E-state index in [1.165, 1.54) is 18.3 Å². The minimum atomic E-state index is -3.97. The zero-order chi connectivity index (χ0) is 18.1. The van der Waals surface area contributed by atoms with Crippen molar-refractivity contribution in [3.8, 4) is 11.5 Å². The Morgan fingerprint density at radius 3 is 2.81 bits per heavy atom. The number of amides is 1. The minimum absolute atomic E-state index is 0.0110. The van der Waals surface area contributed by atoms with Gasteiger partial charge in [0.2, 0.25) is 0 Å². The van der Waals surface area contributed by atoms with Crippen molar-refractivity contribution in [1.29, 1.82) is 0 Å². The van der Waals surface area contributed by atoms with Crippen LogP contribution < -0.4 is 19.7 Å². The number of sulfonamides is 1. The third kappa shape index (κ3) is 2.95. The van der Waals surface area contributed by atoms with Crippen molar-refractivity contribution in [3.63, 3.8) is 0 Å². The van der Waals surface area contributed by atoms with Gasteiger partial charge in [-0.15, -0.1) is 4.83 Å². The van der Waals surface area contributed by atoms with Crippen LogP contribution in [-0.4, -0.2) is 37.5 Å². The molecule has 0 unspecified atom stereocenters. The van der Waals surface area contributed by atoms with Gasteiger partial charge in [0.15, 0.2) is 11.5 Å². The van der Waals surface area contributed by atoms with E-state index in [2.05, 4.69) is 20.2 Å². The fraction of sp³-hybridized carbons (Fsp3) is 0.125. The summed E-state index contributed by atoms with van der Waals surface area (Å²) in [5.74, 6) is 0.359. The number of aromatic amines is 1. The number of hydrazine groups is 1. The molecule has 1 amide bonds. The van der Waals surface area contributed by atoms with Crippen molar-refractivity contribution >= 4 is 27.0 Å². The Bertz CT molecular complexity index is 1090. The molecule has 0 saturated carbocycles. The van der Waals surface area contributed by atoms with Crippen molar-refractivity contribution in [2.24, 2.45) is 0 Å². The molecular formula is C16H14N4O5S. The number of hydrogen-bond donors (Lipinski definition) is 3. The van der Waals surface area contributed by atoms with E-state index in [4.69, 9.17) is 9.47 Å². The van der Waals surface area contributed by atoms with Gasteiger partial charge in [-0.25, -0.2) is 13.4 Å². The van der Waals surface area contributed by atoms with Gasteiger partial charge in [-0.3, -0.25) is 10.2 Å². The van der Waals surface area contributed by atoms with E-state index in [1.807, 2.05) is 0 Å². The number of nitrogens with one attached hydrogen (secondary N) is 3. The Kier molecular flexibility index (Phi) is 3.98. The predicted octanol–water partition coefficient (Wildman–Crippen LogP) is 0.957. The minimum Gasteiger partial charge on any atom is -0.486 e. The number of aromatic nitrogens is 2. The Labute approximate surface area is 148 Å². The summed E-state index contributed by atoms with van der Waals surface area (Å²) in [4.78, 5) is 21.1. The average molecular weight is 374 g/mol. The molecule has 1 aromatic carbocycles. The molecule has 4 rings (SSSR count). The fourth-order valence-electron chi connectivity index (χ4n) is 2.58. The second kappa shape index (κ2) is 6.32. The summed E-state index contributed by atoms with van der Waals surface area (Å²) in [6.45, 7) is 0.830. The number of benzene rings is 1. The predicted molar refractivity (Wildman–Crippen MR) is 91.3 cm³/mol. The highest BCUT2D eigenvalue weighted by Crippen LogP contribution is 2.30. The molecule has 134 valence electrons. The number of rotatable bonds is 4. The summed E-state index contributed by atoms with van der Waals surface area (Å²) in [6.07, 6.45) is 2.86. The Hall–Kier alpha value is -3.11. The Morgan fingerprint density at radius 2 is 1.96 bits per heavy atom. The molecule has 26 heavy (non-hydrogen) atoms. The normalized spacial score (nSPS) is 13.5. The number of pyridine rings is 1. The molecule has 0 atom stereocenters. The van der Waals surface area contributed by atoms with E-state index < -0.39 is 15.9 Å². The number of nitrogens with zero attached hydrogens (tertiary/aromatic N) is 1. The molecule has 2 aromatic heterocycles. The molecule has 1 aliphatic heterocycles. The second-order valence-corrected chi connectivity index (χ2v) is 7.12. The third-order valence-electron chi connectivity index (χ3n) is 3.81. The van der Waals surface area contributed by atoms with Gasteiger partial charge in [-0.1, -0.05) is 0 Å². The van der Waals surface area contributed by atoms with Crippen LogP contribution in [0.25, 0.3) is 11.0 Å². The third-order valence-corrected chi connectivity index (χ3v) is 5.09. The fourth-order valence-corrected chi connectivity index (χ4v) is 3.58. The lowest BCUT2D eigenvalue weighted by Gasteiger charge is -2.18. The maximum Gasteiger partial charge on any atom is 0.266 e. The van der Waals surface area contributed by atoms with Crippen LogP contribution in [0.4, 0.5) is 0 Å². The van der Waals surface area contributed by atoms with Crippen molar-refractivity contribution in [2.75, 3.05) is 13.2 Å². The highest BCUT2D eigenvalue weighted by atomic mass is 32.2. The molecule has 1 aliphatic rings. The molecular weight excluding hydrogens is 360 g/mol. The van der Waals surface area contributed by atoms with Gasteiger partial charge >= 0.3 is 0 Å². The Balaban J connectivity index is 1.52. The molecule has 0 aliphatic carbocycles. The summed E-state index contributed by atoms with van der Waals surface area (Å²) in [6, 6.07) is 7.86. The van der Waals surface area contributed by atoms with E-state index in [-0.39, 0.29) is 10.5 Å². The molecule has 0 fully saturated rings. The van der Waals surface area contributed by atoms with Crippen molar-refractivity contribution in [2.45, 2.75) is 4.90 Å². The zero-order valence-electron chi connectivity index (χ0n) is 13.4. The van der Waals surface area contributed by atoms with Crippen LogP contribution >= 0.6 is 0 Å². The molecule has 3 N–H and O–H groups in total. The van der Waals surface area contributed by atoms with Crippen LogP contribution in [0.5, 0.6) is 11.5 Å². The molecule has 0 saturated heterocycles. The molecule has 0 radical (unpaired) electrons. The van der Waals surface area contributed by atoms with E-state index in [1.54, 1.807) is 24.4 Å². The van der Waals surface area contributed by atoms with Gasteiger partial charge in [-0.2, -0.15) is 0 Å². The molecule has 9 nitrogen and oxygen atoms in total. The van der Waals surface area contributed by atoms with Crippen LogP contribution in [0.15, 0.2) is 47.6 Å². The molecule has 3 aromatic rings. The van der Waals surface area contributed by atoms with Crippen LogP contribution in [0, 0.1) is 0 Å². The van der Waals surface area contributed by atoms with Gasteiger partial charge in [-0.05, 0) is 30.3 Å². The lowest BCUT2D eigenvalue weighted by Crippen LogP contribution is -2.41. The molecule has 0 bridgehead atoms. The lowest BCUT2D eigenvalue weighted by molar-refractivity contribution is 0.0944. The first-order valence-corrected chi connectivity index (χ1v) is 9.17. The lowest BCUT2D eigenvalue weighted by atomic mass is 10.2. The van der Waals surface area contributed by atoms with Crippen molar-refractivity contribution in [3.05, 3.63) is 48.3 Å². The maximum absolute atomic E-state index is 12.5. The number of H-pyrrole nitrogens is 1. The topological polar surface area (TPSA) is 122 Å². The van der Waals surface area contributed by atoms with E-state index in [0.717, 1.165) is 0 Å². The summed E-state index contributed by atoms with van der Waals surface area (Å²) >= 11 is 0. The van der Waals surface area contributed by atoms with Crippen LogP contribution in [0.1, 0.15) is 10.4 Å². The highest BCUT2D eigenvalue weighted by molar-refractivity contribution is 7.89. The monoisotopic (exact) mass is 374 g/mol. The van der Waals surface area contributed by atoms with E-state index in [9.17, 15) is 13.2 Å². The highest BCUT2D eigenvalue weighted by Gasteiger charge is 2.21. The van der Waals surface area contributed by atoms with E-state index >= 15 is 0 Å². The zero-order valence-corrected chi connectivity index (χ0v) is 14.2. The second-order valence-electron chi connectivity index (χ2n) is 5.47. The van der Waals surface area contributed by atoms with Gasteiger partial charge < -0.3 is 14.5 Å². The van der Waals surface area contributed by atoms with Crippen molar-refractivity contribution in [1.82, 2.24) is 20.2 Å². The SMILES string of the molecule is O=C(NNS(=O)(=O)c1c[nH]c2ncccc12)c1ccc2c(c1)OCCO2. The number of hydrogen-bond acceptors (Lipinski definition) is 6. The quantitative estimate of drug-likeness (QED) is 0.585. The standard InChI is InChI=1S/C16H14N4O5S/c21-16(10-3-4-12-13(8-10)25-7-6-24-12)19-20-26(22,23)14-9-18-15-11(14)2-1-5-17-15/h1-5,8-9,20H,6-7H2,(H,17,18)(H,19,21). The summed E-state index contributed by atoms with van der Waals surface area (Å²) in [5, 5.41) is 0.425. The van der Waals surface area contributed by atoms with Gasteiger partial charge in [0.05, 0.1) is 0 Å². The first kappa shape index (κ1) is 16.4. The van der Waals surface area contributed by atoms with Crippen LogP contribution in [0.3, 0.4) is 0 Å². The van der Waals surface area contributed by atoms with E-state index in [0.29, 0.717) is 35.7 Å². The summed E-state index contributed by atoms with van der Waals surface area (Å²) in [7, 11) is -3.97. The number of ether oxygens (including phenoxy) is 2. The Morgan fingerprint density at radius 1 is 1.15 bits per heavy atom. The average Bonchev–Trinajstić information content (AvgIpc) is 3.11.